The van der Waals surface area contributed by atoms with Crippen LogP contribution in [-0.4, -0.2) is 29.3 Å². The molecule has 3 rings (SSSR count). The Morgan fingerprint density at radius 2 is 1.85 bits per heavy atom. The summed E-state index contributed by atoms with van der Waals surface area (Å²) in [5.41, 5.74) is 2.47. The zero-order chi connectivity index (χ0) is 14.1. The molecule has 0 radical (unpaired) electrons. The minimum atomic E-state index is -0.0343. The number of benzene rings is 2. The fourth-order valence-electron chi connectivity index (χ4n) is 2.19. The zero-order valence-electron chi connectivity index (χ0n) is 11.2. The van der Waals surface area contributed by atoms with Gasteiger partial charge in [0.15, 0.2) is 11.5 Å². The molecule has 0 spiro atoms. The number of aromatic hydroxyl groups is 1. The van der Waals surface area contributed by atoms with Gasteiger partial charge < -0.3 is 19.6 Å². The third kappa shape index (κ3) is 1.84. The molecule has 102 valence electrons. The molecule has 0 saturated carbocycles. The van der Waals surface area contributed by atoms with E-state index < -0.39 is 0 Å². The molecule has 0 aliphatic heterocycles. The summed E-state index contributed by atoms with van der Waals surface area (Å²) in [6.45, 7) is 0. The summed E-state index contributed by atoms with van der Waals surface area (Å²) >= 11 is 0. The van der Waals surface area contributed by atoms with E-state index in [-0.39, 0.29) is 5.75 Å². The van der Waals surface area contributed by atoms with Gasteiger partial charge in [0.2, 0.25) is 5.75 Å². The van der Waals surface area contributed by atoms with Crippen molar-refractivity contribution in [1.82, 2.24) is 9.97 Å². The molecule has 0 amide bonds. The molecule has 1 aromatic heterocycles. The molecule has 2 N–H and O–H groups in total. The molecule has 0 unspecified atom stereocenters. The Hall–Kier alpha value is -2.69. The van der Waals surface area contributed by atoms with E-state index in [9.17, 15) is 5.11 Å². The standard InChI is InChI=1S/C15H14N2O3/c1-19-12-8-7-9(14(20-2)13(12)18)15-16-10-5-3-4-6-11(10)17-15/h3-8,18H,1-2H3,(H,16,17). The predicted molar refractivity (Wildman–Crippen MR) is 76.3 cm³/mol. The van der Waals surface area contributed by atoms with Crippen molar-refractivity contribution < 1.29 is 14.6 Å². The van der Waals surface area contributed by atoms with E-state index in [1.165, 1.54) is 14.2 Å². The van der Waals surface area contributed by atoms with E-state index in [1.54, 1.807) is 12.1 Å². The fraction of sp³-hybridized carbons (Fsp3) is 0.133. The number of aromatic nitrogens is 2. The Morgan fingerprint density at radius 3 is 2.55 bits per heavy atom. The van der Waals surface area contributed by atoms with Gasteiger partial charge in [0.1, 0.15) is 5.82 Å². The van der Waals surface area contributed by atoms with Crippen LogP contribution in [-0.2, 0) is 0 Å². The highest BCUT2D eigenvalue weighted by molar-refractivity contribution is 5.82. The number of phenols is 1. The maximum absolute atomic E-state index is 10.1. The third-order valence-electron chi connectivity index (χ3n) is 3.16. The fourth-order valence-corrected chi connectivity index (χ4v) is 2.19. The van der Waals surface area contributed by atoms with Crippen molar-refractivity contribution >= 4 is 11.0 Å². The first kappa shape index (κ1) is 12.3. The molecule has 3 aromatic rings. The number of para-hydroxylation sites is 2. The third-order valence-corrected chi connectivity index (χ3v) is 3.16. The van der Waals surface area contributed by atoms with E-state index in [0.717, 1.165) is 11.0 Å². The van der Waals surface area contributed by atoms with Crippen molar-refractivity contribution in [2.24, 2.45) is 0 Å². The average molecular weight is 270 g/mol. The Morgan fingerprint density at radius 1 is 1.05 bits per heavy atom. The Bertz CT molecular complexity index is 732. The molecule has 0 atom stereocenters. The second kappa shape index (κ2) is 4.77. The highest BCUT2D eigenvalue weighted by Gasteiger charge is 2.17. The molecule has 2 aromatic carbocycles. The topological polar surface area (TPSA) is 67.4 Å². The van der Waals surface area contributed by atoms with E-state index in [4.69, 9.17) is 9.47 Å². The van der Waals surface area contributed by atoms with Gasteiger partial charge in [0.25, 0.3) is 0 Å². The summed E-state index contributed by atoms with van der Waals surface area (Å²) in [4.78, 5) is 7.71. The number of H-pyrrole nitrogens is 1. The van der Waals surface area contributed by atoms with Gasteiger partial charge in [-0.2, -0.15) is 0 Å². The van der Waals surface area contributed by atoms with Gasteiger partial charge in [-0.15, -0.1) is 0 Å². The lowest BCUT2D eigenvalue weighted by atomic mass is 10.1. The van der Waals surface area contributed by atoms with E-state index >= 15 is 0 Å². The second-order valence-corrected chi connectivity index (χ2v) is 4.30. The lowest BCUT2D eigenvalue weighted by molar-refractivity contribution is 0.341. The van der Waals surface area contributed by atoms with E-state index in [1.807, 2.05) is 24.3 Å². The maximum atomic E-state index is 10.1. The largest absolute Gasteiger partial charge is 0.502 e. The van der Waals surface area contributed by atoms with Crippen molar-refractivity contribution in [2.75, 3.05) is 14.2 Å². The van der Waals surface area contributed by atoms with Gasteiger partial charge in [-0.25, -0.2) is 4.98 Å². The van der Waals surface area contributed by atoms with Crippen LogP contribution in [0.2, 0.25) is 0 Å². The lowest BCUT2D eigenvalue weighted by Crippen LogP contribution is -1.93. The highest BCUT2D eigenvalue weighted by Crippen LogP contribution is 2.42. The van der Waals surface area contributed by atoms with Gasteiger partial charge >= 0.3 is 0 Å². The second-order valence-electron chi connectivity index (χ2n) is 4.30. The molecule has 0 fully saturated rings. The van der Waals surface area contributed by atoms with Gasteiger partial charge in [-0.05, 0) is 24.3 Å². The molecule has 5 heteroatoms. The van der Waals surface area contributed by atoms with Crippen molar-refractivity contribution in [3.8, 4) is 28.6 Å². The molecule has 0 saturated heterocycles. The summed E-state index contributed by atoms with van der Waals surface area (Å²) in [5, 5.41) is 10.1. The number of rotatable bonds is 3. The van der Waals surface area contributed by atoms with Crippen molar-refractivity contribution in [2.45, 2.75) is 0 Å². The predicted octanol–water partition coefficient (Wildman–Crippen LogP) is 2.95. The zero-order valence-corrected chi connectivity index (χ0v) is 11.2. The van der Waals surface area contributed by atoms with Crippen LogP contribution in [0.5, 0.6) is 17.2 Å². The van der Waals surface area contributed by atoms with Crippen LogP contribution in [0.1, 0.15) is 0 Å². The summed E-state index contributed by atoms with van der Waals surface area (Å²) in [6, 6.07) is 11.2. The van der Waals surface area contributed by atoms with Gasteiger partial charge in [0.05, 0.1) is 30.8 Å². The number of hydrogen-bond donors (Lipinski definition) is 2. The SMILES string of the molecule is COc1ccc(-c2nc3ccccc3[nH]2)c(OC)c1O. The Labute approximate surface area is 115 Å². The van der Waals surface area contributed by atoms with Crippen LogP contribution in [0, 0.1) is 0 Å². The molecule has 20 heavy (non-hydrogen) atoms. The van der Waals surface area contributed by atoms with Crippen LogP contribution in [0.4, 0.5) is 0 Å². The van der Waals surface area contributed by atoms with Crippen LogP contribution < -0.4 is 9.47 Å². The van der Waals surface area contributed by atoms with E-state index in [0.29, 0.717) is 22.9 Å². The summed E-state index contributed by atoms with van der Waals surface area (Å²) in [7, 11) is 3.00. The van der Waals surface area contributed by atoms with Crippen LogP contribution in [0.3, 0.4) is 0 Å². The van der Waals surface area contributed by atoms with Crippen molar-refractivity contribution in [1.29, 1.82) is 0 Å². The number of phenolic OH excluding ortho intramolecular Hbond substituents is 1. The maximum Gasteiger partial charge on any atom is 0.201 e. The minimum Gasteiger partial charge on any atom is -0.502 e. The van der Waals surface area contributed by atoms with Crippen molar-refractivity contribution in [3.05, 3.63) is 36.4 Å². The van der Waals surface area contributed by atoms with E-state index in [2.05, 4.69) is 9.97 Å². The van der Waals surface area contributed by atoms with Gasteiger partial charge in [-0.3, -0.25) is 0 Å². The first-order valence-electron chi connectivity index (χ1n) is 6.13. The number of ether oxygens (including phenoxy) is 2. The number of nitrogens with one attached hydrogen (secondary N) is 1. The molecule has 1 heterocycles. The molecule has 0 bridgehead atoms. The Kier molecular flexibility index (Phi) is 2.95. The minimum absolute atomic E-state index is 0.0343. The number of methoxy groups -OCH3 is 2. The number of aromatic amines is 1. The molecular formula is C15H14N2O3. The normalized spacial score (nSPS) is 10.7. The number of fused-ring (bicyclic) bond motifs is 1. The summed E-state index contributed by atoms with van der Waals surface area (Å²) in [5.74, 6) is 1.30. The monoisotopic (exact) mass is 270 g/mol. The van der Waals surface area contributed by atoms with Crippen molar-refractivity contribution in [3.63, 3.8) is 0 Å². The Balaban J connectivity index is 2.20. The highest BCUT2D eigenvalue weighted by atomic mass is 16.5. The van der Waals surface area contributed by atoms with Gasteiger partial charge in [0, 0.05) is 0 Å². The first-order chi connectivity index (χ1) is 9.74. The summed E-state index contributed by atoms with van der Waals surface area (Å²) in [6.07, 6.45) is 0. The average Bonchev–Trinajstić information content (AvgIpc) is 2.90. The quantitative estimate of drug-likeness (QED) is 0.767. The smallest absolute Gasteiger partial charge is 0.201 e. The summed E-state index contributed by atoms with van der Waals surface area (Å²) < 4.78 is 10.4. The lowest BCUT2D eigenvalue weighted by Gasteiger charge is -2.11. The van der Waals surface area contributed by atoms with Crippen LogP contribution in [0.25, 0.3) is 22.4 Å². The molecule has 0 aliphatic rings. The number of hydrogen-bond acceptors (Lipinski definition) is 4. The van der Waals surface area contributed by atoms with Crippen LogP contribution >= 0.6 is 0 Å². The molecule has 0 aliphatic carbocycles. The molecule has 5 nitrogen and oxygen atoms in total. The van der Waals surface area contributed by atoms with Crippen LogP contribution in [0.15, 0.2) is 36.4 Å². The first-order valence-corrected chi connectivity index (χ1v) is 6.13. The number of nitrogens with zero attached hydrogens (tertiary/aromatic N) is 1. The number of imidazole rings is 1. The molecular weight excluding hydrogens is 256 g/mol. The van der Waals surface area contributed by atoms with Gasteiger partial charge in [-0.1, -0.05) is 12.1 Å².